The molecule has 1 aromatic carbocycles. The fourth-order valence-electron chi connectivity index (χ4n) is 4.36. The summed E-state index contributed by atoms with van der Waals surface area (Å²) < 4.78 is 22.1. The van der Waals surface area contributed by atoms with E-state index < -0.39 is 0 Å². The maximum atomic E-state index is 13.2. The Bertz CT molecular complexity index is 1180. The van der Waals surface area contributed by atoms with Gasteiger partial charge in [0, 0.05) is 50.9 Å². The molecular weight excluding hydrogens is 427 g/mol. The third-order valence-corrected chi connectivity index (χ3v) is 6.16. The van der Waals surface area contributed by atoms with Crippen LogP contribution in [0.2, 0.25) is 0 Å². The van der Waals surface area contributed by atoms with Crippen molar-refractivity contribution in [2.45, 2.75) is 25.4 Å². The minimum Gasteiger partial charge on any atom is -0.378 e. The number of aryl methyl sites for hydroxylation is 2. The highest BCUT2D eigenvalue weighted by atomic mass is 19.1. The summed E-state index contributed by atoms with van der Waals surface area (Å²) in [6, 6.07) is 6.13. The molecule has 0 unspecified atom stereocenters. The van der Waals surface area contributed by atoms with Gasteiger partial charge in [-0.05, 0) is 30.7 Å². The van der Waals surface area contributed by atoms with E-state index >= 15 is 0 Å². The Morgan fingerprint density at radius 3 is 2.67 bits per heavy atom. The molecule has 172 valence electrons. The molecule has 0 spiro atoms. The monoisotopic (exact) mass is 452 g/mol. The maximum Gasteiger partial charge on any atom is 0.270 e. The molecule has 5 rings (SSSR count). The van der Waals surface area contributed by atoms with Crippen LogP contribution in [0.5, 0.6) is 0 Å². The topological polar surface area (TPSA) is 94.3 Å². The average Bonchev–Trinajstić information content (AvgIpc) is 3.43. The number of ether oxygens (including phenoxy) is 1. The van der Waals surface area contributed by atoms with Crippen LogP contribution in [-0.4, -0.2) is 68.4 Å². The highest BCUT2D eigenvalue weighted by Gasteiger charge is 2.29. The first-order valence-corrected chi connectivity index (χ1v) is 11.0. The molecule has 9 nitrogen and oxygen atoms in total. The molecule has 3 aromatic rings. The van der Waals surface area contributed by atoms with E-state index in [1.54, 1.807) is 24.1 Å². The van der Waals surface area contributed by atoms with Crippen LogP contribution in [0.4, 0.5) is 4.39 Å². The van der Waals surface area contributed by atoms with Crippen LogP contribution in [0.3, 0.4) is 0 Å². The molecule has 0 saturated carbocycles. The van der Waals surface area contributed by atoms with Crippen molar-refractivity contribution >= 4 is 11.8 Å². The van der Waals surface area contributed by atoms with Crippen LogP contribution >= 0.6 is 0 Å². The molecule has 1 atom stereocenters. The lowest BCUT2D eigenvalue weighted by molar-refractivity contribution is 0.0301. The van der Waals surface area contributed by atoms with Gasteiger partial charge >= 0.3 is 0 Å². The molecule has 33 heavy (non-hydrogen) atoms. The molecule has 1 fully saturated rings. The van der Waals surface area contributed by atoms with E-state index in [1.807, 2.05) is 6.20 Å². The van der Waals surface area contributed by atoms with Gasteiger partial charge in [0.1, 0.15) is 17.3 Å². The summed E-state index contributed by atoms with van der Waals surface area (Å²) in [6.45, 7) is 2.68. The van der Waals surface area contributed by atoms with E-state index in [1.165, 1.54) is 23.0 Å². The van der Waals surface area contributed by atoms with Gasteiger partial charge in [0.15, 0.2) is 0 Å². The Morgan fingerprint density at radius 2 is 1.91 bits per heavy atom. The summed E-state index contributed by atoms with van der Waals surface area (Å²) in [5.41, 5.74) is 2.18. The van der Waals surface area contributed by atoms with E-state index in [-0.39, 0.29) is 29.4 Å². The normalized spacial score (nSPS) is 18.1. The van der Waals surface area contributed by atoms with Crippen LogP contribution < -0.4 is 5.32 Å². The van der Waals surface area contributed by atoms with Crippen molar-refractivity contribution in [1.29, 1.82) is 0 Å². The first-order valence-electron chi connectivity index (χ1n) is 11.0. The van der Waals surface area contributed by atoms with Gasteiger partial charge in [-0.2, -0.15) is 5.10 Å². The number of nitrogens with one attached hydrogen (secondary N) is 1. The van der Waals surface area contributed by atoms with Crippen LogP contribution in [0.1, 0.15) is 33.1 Å². The van der Waals surface area contributed by atoms with Crippen molar-refractivity contribution in [3.63, 3.8) is 0 Å². The first kappa shape index (κ1) is 21.3. The quantitative estimate of drug-likeness (QED) is 0.650. The summed E-state index contributed by atoms with van der Waals surface area (Å²) in [5.74, 6) is 0.0442. The number of rotatable bonds is 4. The zero-order valence-electron chi connectivity index (χ0n) is 18.3. The molecule has 0 radical (unpaired) electrons. The predicted octanol–water partition coefficient (Wildman–Crippen LogP) is 1.64. The number of fused-ring (bicyclic) bond motifs is 1. The smallest absolute Gasteiger partial charge is 0.270 e. The highest BCUT2D eigenvalue weighted by molar-refractivity contribution is 6.06. The van der Waals surface area contributed by atoms with Gasteiger partial charge in [0.2, 0.25) is 0 Å². The summed E-state index contributed by atoms with van der Waals surface area (Å²) in [5, 5.41) is 7.22. The number of morpholine rings is 1. The standard InChI is InChI=1S/C23H25FN6O3/c1-28-21(18(13-25-28)23(32)29-8-10-33-11-9-29)22(31)26-17-6-7-30-14-19(27-20(30)12-17)15-2-4-16(24)5-3-15/h2-5,13-14,17H,6-12H2,1H3,(H,26,31)/t17-/m0/s1. The lowest BCUT2D eigenvalue weighted by Crippen LogP contribution is -2.43. The number of carbonyl (C=O) groups is 2. The molecule has 2 amide bonds. The number of hydrogen-bond acceptors (Lipinski definition) is 5. The zero-order chi connectivity index (χ0) is 22.9. The Morgan fingerprint density at radius 1 is 1.15 bits per heavy atom. The number of amides is 2. The summed E-state index contributed by atoms with van der Waals surface area (Å²) >= 11 is 0. The van der Waals surface area contributed by atoms with Crippen molar-refractivity contribution in [2.75, 3.05) is 26.3 Å². The van der Waals surface area contributed by atoms with E-state index in [0.717, 1.165) is 23.5 Å². The fraction of sp³-hybridized carbons (Fsp3) is 0.391. The lowest BCUT2D eigenvalue weighted by Gasteiger charge is -2.27. The van der Waals surface area contributed by atoms with Crippen molar-refractivity contribution < 1.29 is 18.7 Å². The lowest BCUT2D eigenvalue weighted by atomic mass is 10.1. The molecule has 2 aliphatic heterocycles. The summed E-state index contributed by atoms with van der Waals surface area (Å²) in [6.07, 6.45) is 4.72. The van der Waals surface area contributed by atoms with E-state index in [2.05, 4.69) is 15.0 Å². The highest BCUT2D eigenvalue weighted by Crippen LogP contribution is 2.23. The van der Waals surface area contributed by atoms with Gasteiger partial charge in [0.25, 0.3) is 11.8 Å². The van der Waals surface area contributed by atoms with Gasteiger partial charge < -0.3 is 19.5 Å². The molecule has 0 aliphatic carbocycles. The van der Waals surface area contributed by atoms with Gasteiger partial charge in [0.05, 0.1) is 30.7 Å². The number of nitrogens with zero attached hydrogens (tertiary/aromatic N) is 5. The SMILES string of the molecule is Cn1ncc(C(=O)N2CCOCC2)c1C(=O)N[C@H]1CCn2cc(-c3ccc(F)cc3)nc2C1. The Balaban J connectivity index is 1.29. The molecule has 1 N–H and O–H groups in total. The third-order valence-electron chi connectivity index (χ3n) is 6.16. The number of imidazole rings is 1. The number of benzene rings is 1. The zero-order valence-corrected chi connectivity index (χ0v) is 18.3. The minimum atomic E-state index is -0.324. The number of halogens is 1. The van der Waals surface area contributed by atoms with Crippen molar-refractivity contribution in [3.05, 3.63) is 59.6 Å². The van der Waals surface area contributed by atoms with Crippen LogP contribution in [0.15, 0.2) is 36.7 Å². The van der Waals surface area contributed by atoms with Crippen LogP contribution in [0, 0.1) is 5.82 Å². The second-order valence-corrected chi connectivity index (χ2v) is 8.34. The van der Waals surface area contributed by atoms with Crippen molar-refractivity contribution in [1.82, 2.24) is 29.5 Å². The number of hydrogen-bond donors (Lipinski definition) is 1. The van der Waals surface area contributed by atoms with E-state index in [0.29, 0.717) is 44.8 Å². The van der Waals surface area contributed by atoms with Crippen molar-refractivity contribution in [3.8, 4) is 11.3 Å². The summed E-state index contributed by atoms with van der Waals surface area (Å²) in [7, 11) is 1.66. The van der Waals surface area contributed by atoms with Gasteiger partial charge in [-0.15, -0.1) is 0 Å². The molecular formula is C23H25FN6O3. The fourth-order valence-corrected chi connectivity index (χ4v) is 4.36. The van der Waals surface area contributed by atoms with Gasteiger partial charge in [-0.1, -0.05) is 0 Å². The Hall–Kier alpha value is -3.53. The van der Waals surface area contributed by atoms with Gasteiger partial charge in [-0.25, -0.2) is 9.37 Å². The van der Waals surface area contributed by atoms with Crippen LogP contribution in [0.25, 0.3) is 11.3 Å². The third kappa shape index (κ3) is 4.25. The summed E-state index contributed by atoms with van der Waals surface area (Å²) in [4.78, 5) is 32.5. The Labute approximate surface area is 190 Å². The van der Waals surface area contributed by atoms with Gasteiger partial charge in [-0.3, -0.25) is 14.3 Å². The maximum absolute atomic E-state index is 13.2. The Kier molecular flexibility index (Phi) is 5.67. The molecule has 1 saturated heterocycles. The van der Waals surface area contributed by atoms with E-state index in [4.69, 9.17) is 9.72 Å². The minimum absolute atomic E-state index is 0.116. The molecule has 0 bridgehead atoms. The second kappa shape index (κ2) is 8.78. The van der Waals surface area contributed by atoms with E-state index in [9.17, 15) is 14.0 Å². The second-order valence-electron chi connectivity index (χ2n) is 8.34. The molecule has 10 heteroatoms. The molecule has 2 aromatic heterocycles. The van der Waals surface area contributed by atoms with Crippen molar-refractivity contribution in [2.24, 2.45) is 7.05 Å². The van der Waals surface area contributed by atoms with Crippen LogP contribution in [-0.2, 0) is 24.8 Å². The average molecular weight is 452 g/mol. The molecule has 4 heterocycles. The predicted molar refractivity (Wildman–Crippen MR) is 117 cm³/mol. The molecule has 2 aliphatic rings. The first-order chi connectivity index (χ1) is 16.0. The largest absolute Gasteiger partial charge is 0.378 e. The number of carbonyl (C=O) groups excluding carboxylic acids is 2. The number of aromatic nitrogens is 4.